The van der Waals surface area contributed by atoms with Crippen LogP contribution in [0.5, 0.6) is 0 Å². The van der Waals surface area contributed by atoms with Crippen LogP contribution in [0.25, 0.3) is 0 Å². The summed E-state index contributed by atoms with van der Waals surface area (Å²) in [6.07, 6.45) is -0.874. The zero-order chi connectivity index (χ0) is 16.4. The first-order valence-electron chi connectivity index (χ1n) is 6.09. The molecular formula is C14H15I3O4. The Morgan fingerprint density at radius 2 is 1.81 bits per heavy atom. The first kappa shape index (κ1) is 19.4. The van der Waals surface area contributed by atoms with E-state index in [-0.39, 0.29) is 6.42 Å². The average molecular weight is 628 g/mol. The molecule has 0 heterocycles. The highest BCUT2D eigenvalue weighted by Crippen LogP contribution is 2.28. The Morgan fingerprint density at radius 3 is 2.29 bits per heavy atom. The maximum absolute atomic E-state index is 12.4. The first-order valence-corrected chi connectivity index (χ1v) is 9.33. The van der Waals surface area contributed by atoms with Crippen molar-refractivity contribution in [3.05, 3.63) is 28.4 Å². The SMILES string of the molecule is CC(C)(C)C(CC(=O)O)OC(=O)c1cc(I)cc(I)c1I. The Morgan fingerprint density at radius 1 is 1.24 bits per heavy atom. The molecule has 0 fully saturated rings. The molecule has 21 heavy (non-hydrogen) atoms. The molecule has 1 aromatic carbocycles. The van der Waals surface area contributed by atoms with E-state index in [1.807, 2.05) is 26.8 Å². The molecule has 0 aliphatic rings. The molecule has 0 saturated carbocycles. The van der Waals surface area contributed by atoms with Gasteiger partial charge in [-0.1, -0.05) is 20.8 Å². The van der Waals surface area contributed by atoms with Gasteiger partial charge in [0, 0.05) is 10.7 Å². The fourth-order valence-electron chi connectivity index (χ4n) is 1.58. The maximum Gasteiger partial charge on any atom is 0.339 e. The topological polar surface area (TPSA) is 63.6 Å². The lowest BCUT2D eigenvalue weighted by atomic mass is 9.87. The lowest BCUT2D eigenvalue weighted by Gasteiger charge is -2.29. The van der Waals surface area contributed by atoms with E-state index in [1.165, 1.54) is 0 Å². The molecule has 0 aliphatic heterocycles. The maximum atomic E-state index is 12.4. The summed E-state index contributed by atoms with van der Waals surface area (Å²) in [5.41, 5.74) is 0.0423. The summed E-state index contributed by atoms with van der Waals surface area (Å²) in [5, 5.41) is 8.98. The second-order valence-electron chi connectivity index (χ2n) is 5.61. The summed E-state index contributed by atoms with van der Waals surface area (Å²) in [6.45, 7) is 5.58. The van der Waals surface area contributed by atoms with Crippen LogP contribution in [0.15, 0.2) is 12.1 Å². The molecule has 0 aromatic heterocycles. The molecule has 1 rings (SSSR count). The van der Waals surface area contributed by atoms with Gasteiger partial charge in [0.25, 0.3) is 0 Å². The summed E-state index contributed by atoms with van der Waals surface area (Å²) in [5.74, 6) is -1.45. The number of carboxylic acid groups (broad SMARTS) is 1. The molecule has 1 unspecified atom stereocenters. The first-order chi connectivity index (χ1) is 9.52. The van der Waals surface area contributed by atoms with Gasteiger partial charge in [0.1, 0.15) is 6.10 Å². The molecule has 0 saturated heterocycles. The van der Waals surface area contributed by atoms with E-state index in [9.17, 15) is 9.59 Å². The van der Waals surface area contributed by atoms with Gasteiger partial charge in [-0.05, 0) is 85.3 Å². The number of ether oxygens (including phenoxy) is 1. The highest BCUT2D eigenvalue weighted by molar-refractivity contribution is 14.1. The van der Waals surface area contributed by atoms with E-state index in [0.717, 1.165) is 10.7 Å². The van der Waals surface area contributed by atoms with Gasteiger partial charge in [-0.3, -0.25) is 4.79 Å². The van der Waals surface area contributed by atoms with E-state index < -0.39 is 23.5 Å². The second-order valence-corrected chi connectivity index (χ2v) is 9.09. The highest BCUT2D eigenvalue weighted by atomic mass is 127. The van der Waals surface area contributed by atoms with Crippen LogP contribution >= 0.6 is 67.8 Å². The van der Waals surface area contributed by atoms with Crippen molar-refractivity contribution in [3.63, 3.8) is 0 Å². The monoisotopic (exact) mass is 628 g/mol. The van der Waals surface area contributed by atoms with Crippen LogP contribution in [0.3, 0.4) is 0 Å². The van der Waals surface area contributed by atoms with Gasteiger partial charge in [0.15, 0.2) is 0 Å². The molecule has 0 radical (unpaired) electrons. The molecule has 7 heteroatoms. The zero-order valence-corrected chi connectivity index (χ0v) is 18.2. The van der Waals surface area contributed by atoms with Crippen molar-refractivity contribution in [1.29, 1.82) is 0 Å². The van der Waals surface area contributed by atoms with E-state index in [0.29, 0.717) is 5.56 Å². The lowest BCUT2D eigenvalue weighted by Crippen LogP contribution is -2.34. The summed E-state index contributed by atoms with van der Waals surface area (Å²) < 4.78 is 8.20. The lowest BCUT2D eigenvalue weighted by molar-refractivity contribution is -0.141. The number of halogens is 3. The fourth-order valence-corrected chi connectivity index (χ4v) is 3.96. The molecule has 0 bridgehead atoms. The summed E-state index contributed by atoms with van der Waals surface area (Å²) in [6, 6.07) is 3.73. The third-order valence-electron chi connectivity index (χ3n) is 2.79. The Hall–Kier alpha value is 0.350. The van der Waals surface area contributed by atoms with Gasteiger partial charge in [0.05, 0.1) is 12.0 Å². The molecule has 1 atom stereocenters. The number of carboxylic acids is 1. The molecule has 4 nitrogen and oxygen atoms in total. The van der Waals surface area contributed by atoms with Gasteiger partial charge < -0.3 is 9.84 Å². The van der Waals surface area contributed by atoms with E-state index in [4.69, 9.17) is 9.84 Å². The predicted molar refractivity (Wildman–Crippen MR) is 106 cm³/mol. The highest BCUT2D eigenvalue weighted by Gasteiger charge is 2.31. The smallest absolute Gasteiger partial charge is 0.339 e. The fraction of sp³-hybridized carbons (Fsp3) is 0.429. The number of hydrogen-bond donors (Lipinski definition) is 1. The van der Waals surface area contributed by atoms with Gasteiger partial charge in [-0.25, -0.2) is 4.79 Å². The van der Waals surface area contributed by atoms with Crippen molar-refractivity contribution in [2.45, 2.75) is 33.3 Å². The Bertz CT molecular complexity index is 564. The molecule has 116 valence electrons. The van der Waals surface area contributed by atoms with E-state index in [2.05, 4.69) is 67.8 Å². The standard InChI is InChI=1S/C14H15I3O4/c1-14(2,3)10(6-11(18)19)21-13(20)8-4-7(15)5-9(16)12(8)17/h4-5,10H,6H2,1-3H3,(H,18,19). The Balaban J connectivity index is 3.05. The predicted octanol–water partition coefficient (Wildman–Crippen LogP) is 4.55. The van der Waals surface area contributed by atoms with Crippen LogP contribution < -0.4 is 0 Å². The van der Waals surface area contributed by atoms with Crippen LogP contribution in [-0.4, -0.2) is 23.1 Å². The molecule has 0 spiro atoms. The molecular weight excluding hydrogens is 613 g/mol. The summed E-state index contributed by atoms with van der Waals surface area (Å²) in [4.78, 5) is 23.3. The minimum atomic E-state index is -0.977. The Labute approximate surface area is 164 Å². The molecule has 0 aliphatic carbocycles. The van der Waals surface area contributed by atoms with Crippen LogP contribution in [-0.2, 0) is 9.53 Å². The van der Waals surface area contributed by atoms with E-state index in [1.54, 1.807) is 6.07 Å². The third-order valence-corrected chi connectivity index (χ3v) is 6.46. The van der Waals surface area contributed by atoms with Crippen LogP contribution in [0.2, 0.25) is 0 Å². The van der Waals surface area contributed by atoms with Crippen molar-refractivity contribution >= 4 is 79.7 Å². The molecule has 0 amide bonds. The summed E-state index contributed by atoms with van der Waals surface area (Å²) in [7, 11) is 0. The Kier molecular flexibility index (Phi) is 7.16. The van der Waals surface area contributed by atoms with Crippen molar-refractivity contribution in [3.8, 4) is 0 Å². The third kappa shape index (κ3) is 5.81. The van der Waals surface area contributed by atoms with Crippen molar-refractivity contribution in [2.75, 3.05) is 0 Å². The quantitative estimate of drug-likeness (QED) is 0.303. The van der Waals surface area contributed by atoms with Crippen LogP contribution in [0.4, 0.5) is 0 Å². The van der Waals surface area contributed by atoms with Crippen LogP contribution in [0, 0.1) is 16.1 Å². The molecule has 1 N–H and O–H groups in total. The number of carbonyl (C=O) groups is 2. The van der Waals surface area contributed by atoms with Gasteiger partial charge >= 0.3 is 11.9 Å². The normalized spacial score (nSPS) is 12.9. The van der Waals surface area contributed by atoms with Crippen molar-refractivity contribution < 1.29 is 19.4 Å². The summed E-state index contributed by atoms with van der Waals surface area (Å²) >= 11 is 6.41. The van der Waals surface area contributed by atoms with Crippen molar-refractivity contribution in [1.82, 2.24) is 0 Å². The number of aliphatic carboxylic acids is 1. The van der Waals surface area contributed by atoms with Gasteiger partial charge in [0.2, 0.25) is 0 Å². The van der Waals surface area contributed by atoms with Crippen molar-refractivity contribution in [2.24, 2.45) is 5.41 Å². The number of rotatable bonds is 4. The number of benzene rings is 1. The minimum Gasteiger partial charge on any atom is -0.481 e. The van der Waals surface area contributed by atoms with Gasteiger partial charge in [-0.2, -0.15) is 0 Å². The molecule has 1 aromatic rings. The minimum absolute atomic E-state index is 0.202. The largest absolute Gasteiger partial charge is 0.481 e. The number of esters is 1. The average Bonchev–Trinajstić information content (AvgIpc) is 2.31. The number of hydrogen-bond acceptors (Lipinski definition) is 3. The van der Waals surface area contributed by atoms with E-state index >= 15 is 0 Å². The zero-order valence-electron chi connectivity index (χ0n) is 11.7. The van der Waals surface area contributed by atoms with Crippen LogP contribution in [0.1, 0.15) is 37.6 Å². The van der Waals surface area contributed by atoms with Gasteiger partial charge in [-0.15, -0.1) is 0 Å². The number of carbonyl (C=O) groups excluding carboxylic acids is 1. The second kappa shape index (κ2) is 7.75.